The van der Waals surface area contributed by atoms with Gasteiger partial charge >= 0.3 is 0 Å². The molecule has 7 nitrogen and oxygen atoms in total. The van der Waals surface area contributed by atoms with Gasteiger partial charge in [0, 0.05) is 6.07 Å². The average molecular weight is 287 g/mol. The van der Waals surface area contributed by atoms with Crippen molar-refractivity contribution < 1.29 is 18.7 Å². The van der Waals surface area contributed by atoms with Crippen LogP contribution >= 0.6 is 0 Å². The van der Waals surface area contributed by atoms with E-state index in [0.717, 1.165) is 0 Å². The summed E-state index contributed by atoms with van der Waals surface area (Å²) in [6, 6.07) is 8.37. The number of nitrogens with zero attached hydrogens (tertiary/aromatic N) is 1. The van der Waals surface area contributed by atoms with E-state index in [1.165, 1.54) is 19.4 Å². The number of nitrogen functional groups attached to an aromatic ring is 1. The molecule has 7 heteroatoms. The number of hydrazine groups is 1. The van der Waals surface area contributed by atoms with Crippen molar-refractivity contribution in [1.29, 1.82) is 5.26 Å². The number of carbonyl (C=O) groups excluding carboxylic acids is 1. The minimum Gasteiger partial charge on any atom is -0.497 e. The number of hydrogen-bond donors (Lipinski definition) is 2. The van der Waals surface area contributed by atoms with Crippen molar-refractivity contribution in [2.24, 2.45) is 5.84 Å². The number of hydrogen-bond acceptors (Lipinski definition) is 6. The van der Waals surface area contributed by atoms with Crippen LogP contribution in [0.25, 0.3) is 0 Å². The maximum atomic E-state index is 11.3. The van der Waals surface area contributed by atoms with Crippen LogP contribution in [0.3, 0.4) is 0 Å². The normalized spacial score (nSPS) is 9.76. The third kappa shape index (κ3) is 3.52. The molecule has 0 saturated heterocycles. The molecule has 1 aromatic heterocycles. The highest BCUT2D eigenvalue weighted by Gasteiger charge is 2.09. The molecule has 0 atom stereocenters. The van der Waals surface area contributed by atoms with Crippen molar-refractivity contribution in [3.63, 3.8) is 0 Å². The Bertz CT molecular complexity index is 688. The number of ether oxygens (including phenoxy) is 2. The Kier molecular flexibility index (Phi) is 4.43. The van der Waals surface area contributed by atoms with Crippen molar-refractivity contribution in [3.8, 4) is 17.6 Å². The molecule has 0 unspecified atom stereocenters. The van der Waals surface area contributed by atoms with Gasteiger partial charge < -0.3 is 13.9 Å². The van der Waals surface area contributed by atoms with Gasteiger partial charge in [-0.1, -0.05) is 0 Å². The Morgan fingerprint density at radius 1 is 1.38 bits per heavy atom. The van der Waals surface area contributed by atoms with Crippen LogP contribution in [-0.4, -0.2) is 13.0 Å². The Balaban J connectivity index is 2.08. The van der Waals surface area contributed by atoms with E-state index in [1.807, 2.05) is 11.5 Å². The Labute approximate surface area is 120 Å². The van der Waals surface area contributed by atoms with Gasteiger partial charge in [-0.25, -0.2) is 5.84 Å². The number of nitrogens with two attached hydrogens (primary N) is 1. The summed E-state index contributed by atoms with van der Waals surface area (Å²) < 4.78 is 15.8. The molecular formula is C14H13N3O4. The summed E-state index contributed by atoms with van der Waals surface area (Å²) in [6.45, 7) is 0.107. The number of nitriles is 1. The van der Waals surface area contributed by atoms with Crippen molar-refractivity contribution in [2.45, 2.75) is 6.61 Å². The van der Waals surface area contributed by atoms with Gasteiger partial charge in [-0.2, -0.15) is 5.26 Å². The average Bonchev–Trinajstić information content (AvgIpc) is 3.00. The van der Waals surface area contributed by atoms with E-state index in [9.17, 15) is 4.79 Å². The maximum Gasteiger partial charge on any atom is 0.268 e. The predicted octanol–water partition coefficient (Wildman–Crippen LogP) is 1.34. The molecule has 1 aromatic carbocycles. The largest absolute Gasteiger partial charge is 0.497 e. The fourth-order valence-electron chi connectivity index (χ4n) is 1.65. The standard InChI is InChI=1S/C14H13N3O4/c1-19-11-2-9(6-15)3-12(5-11)21-8-13-4-10(7-20-13)14(18)17-16/h2-5,7H,8,16H2,1H3,(H,17,18). The van der Waals surface area contributed by atoms with Crippen LogP contribution in [0.2, 0.25) is 0 Å². The fraction of sp³-hybridized carbons (Fsp3) is 0.143. The summed E-state index contributed by atoms with van der Waals surface area (Å²) in [5.41, 5.74) is 2.73. The summed E-state index contributed by atoms with van der Waals surface area (Å²) in [5, 5.41) is 8.92. The third-order valence-electron chi connectivity index (χ3n) is 2.67. The monoisotopic (exact) mass is 287 g/mol. The molecule has 0 radical (unpaired) electrons. The van der Waals surface area contributed by atoms with Gasteiger partial charge in [0.25, 0.3) is 5.91 Å². The van der Waals surface area contributed by atoms with Crippen LogP contribution in [0.4, 0.5) is 0 Å². The lowest BCUT2D eigenvalue weighted by molar-refractivity contribution is 0.0953. The van der Waals surface area contributed by atoms with Crippen molar-refractivity contribution in [3.05, 3.63) is 47.4 Å². The fourth-order valence-corrected chi connectivity index (χ4v) is 1.65. The van der Waals surface area contributed by atoms with Crippen LogP contribution in [0, 0.1) is 11.3 Å². The predicted molar refractivity (Wildman–Crippen MR) is 72.4 cm³/mol. The molecule has 2 rings (SSSR count). The number of amides is 1. The minimum absolute atomic E-state index is 0.107. The quantitative estimate of drug-likeness (QED) is 0.488. The van der Waals surface area contributed by atoms with E-state index >= 15 is 0 Å². The smallest absolute Gasteiger partial charge is 0.268 e. The number of methoxy groups -OCH3 is 1. The van der Waals surface area contributed by atoms with Crippen LogP contribution < -0.4 is 20.7 Å². The number of nitrogens with one attached hydrogen (secondary N) is 1. The number of rotatable bonds is 5. The van der Waals surface area contributed by atoms with Crippen molar-refractivity contribution in [2.75, 3.05) is 7.11 Å². The topological polar surface area (TPSA) is 111 Å². The molecule has 3 N–H and O–H groups in total. The first-order valence-corrected chi connectivity index (χ1v) is 5.96. The maximum absolute atomic E-state index is 11.3. The molecule has 0 aliphatic heterocycles. The van der Waals surface area contributed by atoms with E-state index < -0.39 is 5.91 Å². The lowest BCUT2D eigenvalue weighted by atomic mass is 10.2. The zero-order valence-corrected chi connectivity index (χ0v) is 11.3. The third-order valence-corrected chi connectivity index (χ3v) is 2.67. The summed E-state index contributed by atoms with van der Waals surface area (Å²) in [7, 11) is 1.50. The second-order valence-electron chi connectivity index (χ2n) is 4.07. The molecule has 0 saturated carbocycles. The zero-order valence-electron chi connectivity index (χ0n) is 11.3. The molecule has 0 bridgehead atoms. The molecule has 108 valence electrons. The summed E-state index contributed by atoms with van der Waals surface area (Å²) in [5.74, 6) is 6.02. The van der Waals surface area contributed by atoms with Crippen LogP contribution in [0.1, 0.15) is 21.7 Å². The lowest BCUT2D eigenvalue weighted by Gasteiger charge is -2.07. The summed E-state index contributed by atoms with van der Waals surface area (Å²) in [4.78, 5) is 11.3. The van der Waals surface area contributed by atoms with Gasteiger partial charge in [0.15, 0.2) is 0 Å². The Morgan fingerprint density at radius 2 is 2.14 bits per heavy atom. The minimum atomic E-state index is -0.446. The Morgan fingerprint density at radius 3 is 2.81 bits per heavy atom. The molecular weight excluding hydrogens is 274 g/mol. The van der Waals surface area contributed by atoms with Gasteiger partial charge in [-0.15, -0.1) is 0 Å². The van der Waals surface area contributed by atoms with Crippen molar-refractivity contribution in [1.82, 2.24) is 5.43 Å². The van der Waals surface area contributed by atoms with E-state index in [1.54, 1.807) is 18.2 Å². The number of benzene rings is 1. The second kappa shape index (κ2) is 6.45. The van der Waals surface area contributed by atoms with Gasteiger partial charge in [-0.3, -0.25) is 10.2 Å². The van der Waals surface area contributed by atoms with Gasteiger partial charge in [-0.05, 0) is 18.2 Å². The highest BCUT2D eigenvalue weighted by molar-refractivity contribution is 5.93. The highest BCUT2D eigenvalue weighted by Crippen LogP contribution is 2.23. The zero-order chi connectivity index (χ0) is 15.2. The molecule has 1 amide bonds. The highest BCUT2D eigenvalue weighted by atomic mass is 16.5. The molecule has 1 heterocycles. The summed E-state index contributed by atoms with van der Waals surface area (Å²) >= 11 is 0. The van der Waals surface area contributed by atoms with Gasteiger partial charge in [0.1, 0.15) is 30.1 Å². The Hall–Kier alpha value is -2.98. The summed E-state index contributed by atoms with van der Waals surface area (Å²) in [6.07, 6.45) is 1.28. The van der Waals surface area contributed by atoms with E-state index in [4.69, 9.17) is 25.0 Å². The molecule has 21 heavy (non-hydrogen) atoms. The SMILES string of the molecule is COc1cc(C#N)cc(OCc2cc(C(=O)NN)co2)c1. The first-order chi connectivity index (χ1) is 10.2. The number of furan rings is 1. The van der Waals surface area contributed by atoms with Crippen LogP contribution in [0.5, 0.6) is 11.5 Å². The lowest BCUT2D eigenvalue weighted by Crippen LogP contribution is -2.29. The van der Waals surface area contributed by atoms with E-state index in [2.05, 4.69) is 0 Å². The molecule has 2 aromatic rings. The van der Waals surface area contributed by atoms with Crippen molar-refractivity contribution >= 4 is 5.91 Å². The van der Waals surface area contributed by atoms with E-state index in [0.29, 0.717) is 28.4 Å². The van der Waals surface area contributed by atoms with E-state index in [-0.39, 0.29) is 6.61 Å². The first kappa shape index (κ1) is 14.4. The molecule has 0 aliphatic rings. The van der Waals surface area contributed by atoms with Gasteiger partial charge in [0.05, 0.1) is 24.3 Å². The number of carbonyl (C=O) groups is 1. The van der Waals surface area contributed by atoms with Gasteiger partial charge in [0.2, 0.25) is 0 Å². The molecule has 0 aliphatic carbocycles. The van der Waals surface area contributed by atoms with Crippen LogP contribution in [0.15, 0.2) is 34.9 Å². The molecule has 0 fully saturated rings. The first-order valence-electron chi connectivity index (χ1n) is 5.96. The second-order valence-corrected chi connectivity index (χ2v) is 4.07. The van der Waals surface area contributed by atoms with Crippen LogP contribution in [-0.2, 0) is 6.61 Å². The molecule has 0 spiro atoms.